The number of para-hydroxylation sites is 2. The van der Waals surface area contributed by atoms with Gasteiger partial charge in [0.1, 0.15) is 0 Å². The molecule has 0 saturated heterocycles. The molecule has 1 aliphatic heterocycles. The summed E-state index contributed by atoms with van der Waals surface area (Å²) in [4.78, 5) is 29.1. The summed E-state index contributed by atoms with van der Waals surface area (Å²) in [6.07, 6.45) is 1.89. The number of rotatable bonds is 2. The number of nitrogens with zero attached hydrogens (tertiary/aromatic N) is 1. The van der Waals surface area contributed by atoms with E-state index in [1.54, 1.807) is 11.3 Å². The van der Waals surface area contributed by atoms with Gasteiger partial charge in [-0.05, 0) is 0 Å². The number of ketones is 2. The summed E-state index contributed by atoms with van der Waals surface area (Å²) in [7, 11) is 0. The van der Waals surface area contributed by atoms with E-state index in [1.807, 2.05) is 35.7 Å². The van der Waals surface area contributed by atoms with Gasteiger partial charge in [-0.15, -0.1) is 0 Å². The van der Waals surface area contributed by atoms with E-state index in [9.17, 15) is 9.59 Å². The fraction of sp³-hybridized carbons (Fsp3) is 0.0968. The van der Waals surface area contributed by atoms with Gasteiger partial charge in [-0.1, -0.05) is 0 Å². The Hall–Kier alpha value is -3.23. The van der Waals surface area contributed by atoms with Crippen molar-refractivity contribution in [1.29, 1.82) is 0 Å². The second kappa shape index (κ2) is 7.88. The van der Waals surface area contributed by atoms with Crippen molar-refractivity contribution < 1.29 is 9.59 Å². The van der Waals surface area contributed by atoms with Crippen molar-refractivity contribution in [3.05, 3.63) is 116 Å². The Morgan fingerprint density at radius 2 is 1.56 bits per heavy atom. The number of hydrogen-bond donors (Lipinski definition) is 0. The second-order valence-corrected chi connectivity index (χ2v) is 13.7. The van der Waals surface area contributed by atoms with Crippen molar-refractivity contribution in [1.82, 2.24) is 0 Å². The van der Waals surface area contributed by atoms with Gasteiger partial charge < -0.3 is 0 Å². The first-order valence-electron chi connectivity index (χ1n) is 11.8. The van der Waals surface area contributed by atoms with Gasteiger partial charge in [0.2, 0.25) is 0 Å². The van der Waals surface area contributed by atoms with E-state index in [4.69, 9.17) is 0 Å². The van der Waals surface area contributed by atoms with Crippen LogP contribution in [0.25, 0.3) is 16.2 Å². The van der Waals surface area contributed by atoms with Crippen LogP contribution in [0.2, 0.25) is 0 Å². The molecule has 5 heteroatoms. The van der Waals surface area contributed by atoms with Gasteiger partial charge in [-0.2, -0.15) is 0 Å². The van der Waals surface area contributed by atoms with Gasteiger partial charge in [0, 0.05) is 0 Å². The minimum absolute atomic E-state index is 0.147. The van der Waals surface area contributed by atoms with Crippen LogP contribution < -0.4 is 4.90 Å². The van der Waals surface area contributed by atoms with E-state index in [2.05, 4.69) is 73.3 Å². The minimum atomic E-state index is -0.836. The first-order valence-corrected chi connectivity index (χ1v) is 15.1. The van der Waals surface area contributed by atoms with E-state index in [0.717, 1.165) is 19.4 Å². The first kappa shape index (κ1) is 22.0. The van der Waals surface area contributed by atoms with Gasteiger partial charge in [0.05, 0.1) is 0 Å². The van der Waals surface area contributed by atoms with Crippen molar-refractivity contribution in [2.75, 3.05) is 4.90 Å². The Labute approximate surface area is 222 Å². The molecule has 3 heterocycles. The Kier molecular flexibility index (Phi) is 4.82. The summed E-state index contributed by atoms with van der Waals surface area (Å²) in [6, 6.07) is 27.1. The van der Waals surface area contributed by atoms with Crippen LogP contribution in [-0.4, -0.2) is 32.0 Å². The third-order valence-electron chi connectivity index (χ3n) is 7.30. The molecule has 1 aliphatic carbocycles. The number of fused-ring (bicyclic) bond motifs is 4. The monoisotopic (exact) mass is 601 g/mol. The van der Waals surface area contributed by atoms with Crippen LogP contribution in [0.15, 0.2) is 89.8 Å². The van der Waals surface area contributed by atoms with Crippen molar-refractivity contribution in [2.45, 2.75) is 19.3 Å². The Morgan fingerprint density at radius 3 is 2.36 bits per heavy atom. The maximum absolute atomic E-state index is 13.3. The number of carbonyl (C=O) groups excluding carboxylic acids is 2. The van der Waals surface area contributed by atoms with Crippen LogP contribution in [0.3, 0.4) is 0 Å². The van der Waals surface area contributed by atoms with Crippen LogP contribution in [0.1, 0.15) is 49.3 Å². The number of thiophene rings is 1. The van der Waals surface area contributed by atoms with E-state index in [0.29, 0.717) is 16.7 Å². The number of Topliss-reactive ketones (excluding diaryl/α,β-unsaturated/α-hetero) is 2. The number of carbonyl (C=O) groups is 2. The summed E-state index contributed by atoms with van der Waals surface area (Å²) in [5.74, 6) is -0.296. The third-order valence-corrected chi connectivity index (χ3v) is 11.2. The van der Waals surface area contributed by atoms with Crippen LogP contribution in [-0.2, 0) is 5.41 Å². The number of hydrogen-bond acceptors (Lipinski definition) is 4. The zero-order valence-corrected chi connectivity index (χ0v) is 22.9. The molecular weight excluding hydrogens is 578 g/mol. The molecule has 174 valence electrons. The Morgan fingerprint density at radius 1 is 0.833 bits per heavy atom. The summed E-state index contributed by atoms with van der Waals surface area (Å²) < 4.78 is 3.50. The average Bonchev–Trinajstić information content (AvgIpc) is 3.58. The molecule has 0 spiro atoms. The molecule has 0 radical (unpaired) electrons. The summed E-state index contributed by atoms with van der Waals surface area (Å²) in [5.41, 5.74) is 6.13. The standard InChI is InChI=1S/C31H21NO2STe/c1-31(2)24-10-6-7-11-26(24)32(19-8-4-3-5-9-19)30-25(31)16-20(36-30)15-23-28(33)21-14-18-12-13-35-27(18)17-22(21)29(23)34/h3-17H,1-2H3/b23-15-. The van der Waals surface area contributed by atoms with Crippen LogP contribution in [0.5, 0.6) is 0 Å². The van der Waals surface area contributed by atoms with E-state index in [1.165, 1.54) is 20.5 Å². The average molecular weight is 599 g/mol. The summed E-state index contributed by atoms with van der Waals surface area (Å²) in [5, 5.41) is 3.01. The molecule has 0 N–H and O–H groups in total. The topological polar surface area (TPSA) is 37.4 Å². The van der Waals surface area contributed by atoms with E-state index < -0.39 is 20.4 Å². The van der Waals surface area contributed by atoms with Gasteiger partial charge >= 0.3 is 224 Å². The molecule has 3 nitrogen and oxygen atoms in total. The predicted molar refractivity (Wildman–Crippen MR) is 149 cm³/mol. The quantitative estimate of drug-likeness (QED) is 0.120. The number of allylic oxidation sites excluding steroid dienone is 1. The Bertz CT molecular complexity index is 1700. The predicted octanol–water partition coefficient (Wildman–Crippen LogP) is 7.53. The van der Waals surface area contributed by atoms with Gasteiger partial charge in [-0.3, -0.25) is 0 Å². The van der Waals surface area contributed by atoms with Crippen LogP contribution in [0, 0.1) is 0 Å². The summed E-state index contributed by atoms with van der Waals surface area (Å²) in [6.45, 7) is 4.55. The molecule has 2 aliphatic rings. The second-order valence-electron chi connectivity index (χ2n) is 9.75. The molecule has 0 amide bonds. The zero-order chi connectivity index (χ0) is 24.6. The van der Waals surface area contributed by atoms with Crippen molar-refractivity contribution >= 4 is 74.6 Å². The normalized spacial score (nSPS) is 16.9. The molecule has 36 heavy (non-hydrogen) atoms. The molecule has 0 bridgehead atoms. The molecular formula is C31H21NO2STe. The molecule has 0 atom stereocenters. The van der Waals surface area contributed by atoms with Gasteiger partial charge in [0.25, 0.3) is 0 Å². The third kappa shape index (κ3) is 3.10. The molecule has 5 aromatic rings. The fourth-order valence-corrected chi connectivity index (χ4v) is 9.93. The Balaban J connectivity index is 1.39. The molecule has 2 aromatic heterocycles. The van der Waals surface area contributed by atoms with Crippen molar-refractivity contribution in [3.63, 3.8) is 0 Å². The zero-order valence-electron chi connectivity index (χ0n) is 19.7. The molecule has 0 saturated carbocycles. The molecule has 3 aromatic carbocycles. The van der Waals surface area contributed by atoms with Crippen molar-refractivity contribution in [2.24, 2.45) is 0 Å². The van der Waals surface area contributed by atoms with Crippen molar-refractivity contribution in [3.8, 4) is 0 Å². The van der Waals surface area contributed by atoms with Crippen LogP contribution >= 0.6 is 11.3 Å². The molecule has 7 rings (SSSR count). The van der Waals surface area contributed by atoms with E-state index in [-0.39, 0.29) is 17.0 Å². The maximum atomic E-state index is 13.3. The van der Waals surface area contributed by atoms with Crippen LogP contribution in [0.4, 0.5) is 15.1 Å². The number of anilines is 3. The molecule has 0 fully saturated rings. The molecule has 0 unspecified atom stereocenters. The van der Waals surface area contributed by atoms with Gasteiger partial charge in [0.15, 0.2) is 0 Å². The van der Waals surface area contributed by atoms with Gasteiger partial charge in [-0.25, -0.2) is 0 Å². The first-order chi connectivity index (χ1) is 17.4. The van der Waals surface area contributed by atoms with E-state index >= 15 is 0 Å². The fourth-order valence-electron chi connectivity index (χ4n) is 5.42. The number of benzene rings is 3. The SMILES string of the molecule is CC1(C)c2ccccc2N(c2ccccc2)c2[te]c(/C=C3/C(=O)c4cc5ccsc5cc4C3=O)cc21. The summed E-state index contributed by atoms with van der Waals surface area (Å²) >= 11 is 0.760.